The Balaban J connectivity index is 2.82. The first-order chi connectivity index (χ1) is 6.77. The zero-order valence-electron chi connectivity index (χ0n) is 7.90. The summed E-state index contributed by atoms with van der Waals surface area (Å²) in [6.45, 7) is 0. The zero-order valence-corrected chi connectivity index (χ0v) is 9.54. The maximum absolute atomic E-state index is 9.74. The highest BCUT2D eigenvalue weighted by atomic mass is 32.2. The predicted molar refractivity (Wildman–Crippen MR) is 61.8 cm³/mol. The molecule has 0 aliphatic carbocycles. The Hall–Kier alpha value is -0.870. The van der Waals surface area contributed by atoms with E-state index in [4.69, 9.17) is 4.74 Å². The molecule has 1 N–H and O–H groups in total. The highest BCUT2D eigenvalue weighted by Gasteiger charge is 2.13. The molecular formula is C10H10O2S2. The molecule has 0 saturated carbocycles. The van der Waals surface area contributed by atoms with Crippen LogP contribution in [0.2, 0.25) is 0 Å². The van der Waals surface area contributed by atoms with Crippen molar-refractivity contribution < 1.29 is 9.84 Å². The Bertz CT molecular complexity index is 462. The van der Waals surface area contributed by atoms with Gasteiger partial charge in [-0.3, -0.25) is 0 Å². The minimum atomic E-state index is 0.292. The van der Waals surface area contributed by atoms with Gasteiger partial charge in [0.05, 0.1) is 16.7 Å². The van der Waals surface area contributed by atoms with Gasteiger partial charge in [0.15, 0.2) is 5.75 Å². The van der Waals surface area contributed by atoms with E-state index in [-0.39, 0.29) is 0 Å². The topological polar surface area (TPSA) is 29.5 Å². The lowest BCUT2D eigenvalue weighted by Crippen LogP contribution is -1.86. The molecule has 1 heterocycles. The van der Waals surface area contributed by atoms with Crippen molar-refractivity contribution >= 4 is 33.2 Å². The fraction of sp³-hybridized carbons (Fsp3) is 0.200. The number of phenols is 1. The number of rotatable bonds is 2. The van der Waals surface area contributed by atoms with Crippen LogP contribution in [0.1, 0.15) is 0 Å². The molecule has 0 aliphatic rings. The van der Waals surface area contributed by atoms with Gasteiger partial charge in [-0.1, -0.05) is 0 Å². The number of aromatic hydroxyl groups is 1. The fourth-order valence-corrected chi connectivity index (χ4v) is 3.04. The summed E-state index contributed by atoms with van der Waals surface area (Å²) in [5, 5.41) is 12.8. The van der Waals surface area contributed by atoms with Crippen LogP contribution in [0.4, 0.5) is 0 Å². The number of hydrogen-bond acceptors (Lipinski definition) is 4. The minimum Gasteiger partial charge on any atom is -0.507 e. The van der Waals surface area contributed by atoms with Crippen LogP contribution < -0.4 is 4.74 Å². The fourth-order valence-electron chi connectivity index (χ4n) is 1.43. The monoisotopic (exact) mass is 226 g/mol. The summed E-state index contributed by atoms with van der Waals surface area (Å²) in [6.07, 6.45) is 1.93. The first-order valence-electron chi connectivity index (χ1n) is 4.09. The largest absolute Gasteiger partial charge is 0.507 e. The van der Waals surface area contributed by atoms with Gasteiger partial charge in [-0.15, -0.1) is 23.1 Å². The lowest BCUT2D eigenvalue weighted by atomic mass is 10.2. The molecule has 0 radical (unpaired) electrons. The van der Waals surface area contributed by atoms with Crippen LogP contribution in [0.25, 0.3) is 10.1 Å². The van der Waals surface area contributed by atoms with Gasteiger partial charge in [0.25, 0.3) is 0 Å². The van der Waals surface area contributed by atoms with Gasteiger partial charge in [-0.2, -0.15) is 0 Å². The van der Waals surface area contributed by atoms with Crippen molar-refractivity contribution in [2.24, 2.45) is 0 Å². The Labute approximate surface area is 90.5 Å². The van der Waals surface area contributed by atoms with Crippen LogP contribution in [-0.4, -0.2) is 18.5 Å². The standard InChI is InChI=1S/C10H10O2S2/c1-12-8-9-6(3-4-14-9)5-7(11)10(8)13-2/h3-5,11H,1-2H3. The van der Waals surface area contributed by atoms with Gasteiger partial charge in [0.1, 0.15) is 5.75 Å². The van der Waals surface area contributed by atoms with Crippen molar-refractivity contribution in [2.45, 2.75) is 4.90 Å². The normalized spacial score (nSPS) is 10.7. The van der Waals surface area contributed by atoms with E-state index in [1.54, 1.807) is 24.5 Å². The van der Waals surface area contributed by atoms with Gasteiger partial charge in [0, 0.05) is 0 Å². The Morgan fingerprint density at radius 3 is 2.93 bits per heavy atom. The number of thiophene rings is 1. The second kappa shape index (κ2) is 3.71. The van der Waals surface area contributed by atoms with E-state index in [0.717, 1.165) is 20.7 Å². The van der Waals surface area contributed by atoms with E-state index in [1.807, 2.05) is 17.7 Å². The summed E-state index contributed by atoms with van der Waals surface area (Å²) in [4.78, 5) is 0.808. The smallest absolute Gasteiger partial charge is 0.153 e. The summed E-state index contributed by atoms with van der Waals surface area (Å²) in [5.74, 6) is 1.07. The molecular weight excluding hydrogens is 216 g/mol. The van der Waals surface area contributed by atoms with Crippen molar-refractivity contribution in [3.63, 3.8) is 0 Å². The molecule has 0 amide bonds. The molecule has 2 aromatic rings. The van der Waals surface area contributed by atoms with E-state index in [9.17, 15) is 5.11 Å². The second-order valence-electron chi connectivity index (χ2n) is 2.80. The summed E-state index contributed by atoms with van der Waals surface area (Å²) < 4.78 is 6.41. The van der Waals surface area contributed by atoms with E-state index < -0.39 is 0 Å². The van der Waals surface area contributed by atoms with Gasteiger partial charge in [-0.25, -0.2) is 0 Å². The Morgan fingerprint density at radius 1 is 1.50 bits per heavy atom. The maximum atomic E-state index is 9.74. The minimum absolute atomic E-state index is 0.292. The van der Waals surface area contributed by atoms with Crippen LogP contribution in [0.5, 0.6) is 11.5 Å². The van der Waals surface area contributed by atoms with E-state index in [1.165, 1.54) is 11.8 Å². The Morgan fingerprint density at radius 2 is 2.29 bits per heavy atom. The molecule has 0 aliphatic heterocycles. The number of thioether (sulfide) groups is 1. The first-order valence-corrected chi connectivity index (χ1v) is 6.19. The van der Waals surface area contributed by atoms with Gasteiger partial charge >= 0.3 is 0 Å². The van der Waals surface area contributed by atoms with Crippen molar-refractivity contribution in [3.8, 4) is 11.5 Å². The van der Waals surface area contributed by atoms with Gasteiger partial charge in [-0.05, 0) is 29.2 Å². The molecule has 1 aromatic heterocycles. The molecule has 0 fully saturated rings. The molecule has 14 heavy (non-hydrogen) atoms. The number of benzene rings is 1. The van der Waals surface area contributed by atoms with Crippen LogP contribution in [0, 0.1) is 0 Å². The predicted octanol–water partition coefficient (Wildman–Crippen LogP) is 3.34. The SMILES string of the molecule is COc1c(SC)c(O)cc2ccsc12. The molecule has 0 bridgehead atoms. The highest BCUT2D eigenvalue weighted by molar-refractivity contribution is 7.98. The third kappa shape index (κ3) is 1.35. The van der Waals surface area contributed by atoms with Crippen molar-refractivity contribution in [1.29, 1.82) is 0 Å². The summed E-state index contributed by atoms with van der Waals surface area (Å²) in [5.41, 5.74) is 0. The van der Waals surface area contributed by atoms with E-state index in [2.05, 4.69) is 0 Å². The number of fused-ring (bicyclic) bond motifs is 1. The lowest BCUT2D eigenvalue weighted by Gasteiger charge is -2.09. The summed E-state index contributed by atoms with van der Waals surface area (Å²) >= 11 is 3.12. The molecule has 74 valence electrons. The molecule has 0 saturated heterocycles. The van der Waals surface area contributed by atoms with Crippen LogP contribution in [0.15, 0.2) is 22.4 Å². The van der Waals surface area contributed by atoms with Crippen LogP contribution in [0.3, 0.4) is 0 Å². The number of methoxy groups -OCH3 is 1. The van der Waals surface area contributed by atoms with Crippen LogP contribution in [-0.2, 0) is 0 Å². The second-order valence-corrected chi connectivity index (χ2v) is 4.53. The molecule has 4 heteroatoms. The third-order valence-electron chi connectivity index (χ3n) is 2.04. The van der Waals surface area contributed by atoms with Crippen molar-refractivity contribution in [2.75, 3.05) is 13.4 Å². The van der Waals surface area contributed by atoms with Crippen molar-refractivity contribution in [1.82, 2.24) is 0 Å². The van der Waals surface area contributed by atoms with E-state index in [0.29, 0.717) is 5.75 Å². The summed E-state index contributed by atoms with van der Waals surface area (Å²) in [7, 11) is 1.63. The van der Waals surface area contributed by atoms with Gasteiger partial charge < -0.3 is 9.84 Å². The molecule has 0 spiro atoms. The zero-order chi connectivity index (χ0) is 10.1. The number of phenolic OH excluding ortho intramolecular Hbond substituents is 1. The molecule has 0 unspecified atom stereocenters. The third-order valence-corrected chi connectivity index (χ3v) is 3.77. The molecule has 1 aromatic carbocycles. The van der Waals surface area contributed by atoms with Crippen molar-refractivity contribution in [3.05, 3.63) is 17.5 Å². The first kappa shape index (κ1) is 9.68. The lowest BCUT2D eigenvalue weighted by molar-refractivity contribution is 0.398. The maximum Gasteiger partial charge on any atom is 0.153 e. The van der Waals surface area contributed by atoms with Crippen LogP contribution >= 0.6 is 23.1 Å². The molecule has 2 rings (SSSR count). The molecule has 2 nitrogen and oxygen atoms in total. The average Bonchev–Trinajstić information content (AvgIpc) is 2.62. The number of ether oxygens (including phenoxy) is 1. The van der Waals surface area contributed by atoms with E-state index >= 15 is 0 Å². The molecule has 0 atom stereocenters. The highest BCUT2D eigenvalue weighted by Crippen LogP contribution is 2.43. The summed E-state index contributed by atoms with van der Waals surface area (Å²) in [6, 6.07) is 3.76. The average molecular weight is 226 g/mol. The van der Waals surface area contributed by atoms with Gasteiger partial charge in [0.2, 0.25) is 0 Å². The Kier molecular flexibility index (Phi) is 2.56. The number of hydrogen-bond donors (Lipinski definition) is 1. The quantitative estimate of drug-likeness (QED) is 0.796.